The number of aliphatic imine (C=N–C) groups is 1. The Kier molecular flexibility index (Phi) is 4.71. The molecule has 1 nitrogen and oxygen atoms in total. The van der Waals surface area contributed by atoms with Crippen LogP contribution in [0.15, 0.2) is 4.99 Å². The van der Waals surface area contributed by atoms with Gasteiger partial charge in [0.05, 0.1) is 0 Å². The maximum absolute atomic E-state index is 4.66. The van der Waals surface area contributed by atoms with Crippen molar-refractivity contribution in [2.45, 2.75) is 57.5 Å². The average Bonchev–Trinajstić information content (AvgIpc) is 2.74. The zero-order valence-corrected chi connectivity index (χ0v) is 11.8. The van der Waals surface area contributed by atoms with E-state index in [2.05, 4.69) is 42.8 Å². The standard InChI is InChI=1S/C11H23NSSi/c1-5-6-7-8-12-10-9-11(10)13-14(2,3)4/h11H,5-9H2,1-4H3/b12-10-. The van der Waals surface area contributed by atoms with Crippen molar-refractivity contribution < 1.29 is 0 Å². The SMILES string of the molecule is CCCCC/N=C1/CC1S[Si](C)(C)C. The van der Waals surface area contributed by atoms with Gasteiger partial charge in [0.25, 0.3) is 0 Å². The van der Waals surface area contributed by atoms with E-state index >= 15 is 0 Å². The minimum atomic E-state index is -0.918. The van der Waals surface area contributed by atoms with Crippen molar-refractivity contribution in [3.05, 3.63) is 0 Å². The third-order valence-electron chi connectivity index (χ3n) is 2.18. The van der Waals surface area contributed by atoms with Gasteiger partial charge >= 0.3 is 0 Å². The molecule has 1 aliphatic rings. The molecule has 1 unspecified atom stereocenters. The van der Waals surface area contributed by atoms with Crippen molar-refractivity contribution >= 4 is 24.1 Å². The molecule has 0 aromatic heterocycles. The van der Waals surface area contributed by atoms with Gasteiger partial charge in [-0.1, -0.05) is 39.4 Å². The zero-order valence-electron chi connectivity index (χ0n) is 9.97. The highest BCUT2D eigenvalue weighted by atomic mass is 32.4. The molecule has 0 spiro atoms. The molecule has 0 saturated heterocycles. The molecule has 0 aliphatic heterocycles. The van der Waals surface area contributed by atoms with Crippen LogP contribution in [0.5, 0.6) is 0 Å². The van der Waals surface area contributed by atoms with Gasteiger partial charge in [-0.15, -0.1) is 0 Å². The first-order valence-electron chi connectivity index (χ1n) is 5.74. The molecule has 0 heterocycles. The lowest BCUT2D eigenvalue weighted by atomic mass is 10.2. The van der Waals surface area contributed by atoms with Gasteiger partial charge in [-0.05, 0) is 6.42 Å². The Morgan fingerprint density at radius 2 is 2.07 bits per heavy atom. The molecule has 0 N–H and O–H groups in total. The molecule has 3 heteroatoms. The molecule has 1 fully saturated rings. The maximum atomic E-state index is 4.66. The molecule has 82 valence electrons. The van der Waals surface area contributed by atoms with Gasteiger partial charge in [-0.25, -0.2) is 0 Å². The molecule has 1 aliphatic carbocycles. The summed E-state index contributed by atoms with van der Waals surface area (Å²) in [6, 6.07) is 0. The van der Waals surface area contributed by atoms with Crippen LogP contribution in [0.25, 0.3) is 0 Å². The van der Waals surface area contributed by atoms with Crippen LogP contribution in [0.2, 0.25) is 19.6 Å². The van der Waals surface area contributed by atoms with Gasteiger partial charge in [0.15, 0.2) is 0 Å². The van der Waals surface area contributed by atoms with Crippen molar-refractivity contribution in [2.24, 2.45) is 4.99 Å². The smallest absolute Gasteiger partial charge is 0.109 e. The van der Waals surface area contributed by atoms with Gasteiger partial charge in [-0.3, -0.25) is 4.99 Å². The molecule has 14 heavy (non-hydrogen) atoms. The maximum Gasteiger partial charge on any atom is 0.109 e. The summed E-state index contributed by atoms with van der Waals surface area (Å²) in [5.41, 5.74) is 1.49. The van der Waals surface area contributed by atoms with Gasteiger partial charge in [0.2, 0.25) is 0 Å². The first-order valence-corrected chi connectivity index (χ1v) is 10.8. The zero-order chi connectivity index (χ0) is 10.6. The second-order valence-electron chi connectivity index (χ2n) is 5.00. The number of nitrogens with zero attached hydrogens (tertiary/aromatic N) is 1. The fraction of sp³-hybridized carbons (Fsp3) is 0.909. The molecule has 0 bridgehead atoms. The van der Waals surface area contributed by atoms with E-state index in [0.29, 0.717) is 0 Å². The van der Waals surface area contributed by atoms with Crippen LogP contribution in [0, 0.1) is 0 Å². The Labute approximate surface area is 93.4 Å². The van der Waals surface area contributed by atoms with Gasteiger partial charge in [-0.2, -0.15) is 11.2 Å². The third-order valence-corrected chi connectivity index (χ3v) is 6.58. The molecule has 0 radical (unpaired) electrons. The lowest BCUT2D eigenvalue weighted by Crippen LogP contribution is -2.15. The molecule has 1 rings (SSSR count). The third kappa shape index (κ3) is 5.20. The lowest BCUT2D eigenvalue weighted by Gasteiger charge is -2.13. The van der Waals surface area contributed by atoms with Crippen LogP contribution in [-0.2, 0) is 0 Å². The topological polar surface area (TPSA) is 12.4 Å². The molecular formula is C11H23NSSi. The fourth-order valence-corrected chi connectivity index (χ4v) is 5.96. The van der Waals surface area contributed by atoms with Crippen molar-refractivity contribution in [3.63, 3.8) is 0 Å². The highest BCUT2D eigenvalue weighted by Gasteiger charge is 2.36. The van der Waals surface area contributed by atoms with Crippen molar-refractivity contribution in [3.8, 4) is 0 Å². The number of unbranched alkanes of at least 4 members (excludes halogenated alkanes) is 2. The Balaban J connectivity index is 2.12. The fourth-order valence-electron chi connectivity index (χ4n) is 1.42. The van der Waals surface area contributed by atoms with E-state index in [9.17, 15) is 0 Å². The Bertz CT molecular complexity index is 208. The highest BCUT2D eigenvalue weighted by molar-refractivity contribution is 8.29. The summed E-state index contributed by atoms with van der Waals surface area (Å²) < 4.78 is 0. The highest BCUT2D eigenvalue weighted by Crippen LogP contribution is 2.37. The number of rotatable bonds is 6. The summed E-state index contributed by atoms with van der Waals surface area (Å²) >= 11 is 2.20. The van der Waals surface area contributed by atoms with Gasteiger partial charge in [0, 0.05) is 23.9 Å². The molecule has 1 atom stereocenters. The minimum absolute atomic E-state index is 0.809. The Hall–Kier alpha value is 0.237. The van der Waals surface area contributed by atoms with Crippen molar-refractivity contribution in [2.75, 3.05) is 6.54 Å². The summed E-state index contributed by atoms with van der Waals surface area (Å²) in [5.74, 6) is 0. The predicted octanol–water partition coefficient (Wildman–Crippen LogP) is 3.96. The van der Waals surface area contributed by atoms with Crippen LogP contribution in [0.3, 0.4) is 0 Å². The quantitative estimate of drug-likeness (QED) is 0.496. The van der Waals surface area contributed by atoms with Gasteiger partial charge < -0.3 is 0 Å². The van der Waals surface area contributed by atoms with E-state index in [1.807, 2.05) is 0 Å². The van der Waals surface area contributed by atoms with Crippen LogP contribution < -0.4 is 0 Å². The molecular weight excluding hydrogens is 206 g/mol. The van der Waals surface area contributed by atoms with Crippen LogP contribution in [0.1, 0.15) is 32.6 Å². The largest absolute Gasteiger partial charge is 0.293 e. The molecule has 0 aromatic carbocycles. The summed E-state index contributed by atoms with van der Waals surface area (Å²) in [6.45, 7) is 10.6. The van der Waals surface area contributed by atoms with Gasteiger partial charge in [0.1, 0.15) is 7.22 Å². The molecule has 1 saturated carbocycles. The van der Waals surface area contributed by atoms with E-state index in [0.717, 1.165) is 11.8 Å². The van der Waals surface area contributed by atoms with E-state index < -0.39 is 7.22 Å². The second kappa shape index (κ2) is 5.36. The molecule has 0 amide bonds. The summed E-state index contributed by atoms with van der Waals surface area (Å²) in [5, 5.41) is 0.809. The molecule has 0 aromatic rings. The average molecular weight is 229 g/mol. The van der Waals surface area contributed by atoms with Crippen LogP contribution in [0.4, 0.5) is 0 Å². The summed E-state index contributed by atoms with van der Waals surface area (Å²) in [4.78, 5) is 4.66. The van der Waals surface area contributed by atoms with E-state index in [1.165, 1.54) is 31.4 Å². The van der Waals surface area contributed by atoms with Crippen molar-refractivity contribution in [1.82, 2.24) is 0 Å². The van der Waals surface area contributed by atoms with Crippen LogP contribution >= 0.6 is 11.2 Å². The lowest BCUT2D eigenvalue weighted by molar-refractivity contribution is 0.729. The normalized spacial score (nSPS) is 24.3. The monoisotopic (exact) mass is 229 g/mol. The predicted molar refractivity (Wildman–Crippen MR) is 71.2 cm³/mol. The second-order valence-corrected chi connectivity index (χ2v) is 14.4. The summed E-state index contributed by atoms with van der Waals surface area (Å²) in [7, 11) is -0.918. The summed E-state index contributed by atoms with van der Waals surface area (Å²) in [6.07, 6.45) is 5.20. The Morgan fingerprint density at radius 3 is 2.64 bits per heavy atom. The van der Waals surface area contributed by atoms with E-state index in [4.69, 9.17) is 0 Å². The van der Waals surface area contributed by atoms with E-state index in [-0.39, 0.29) is 0 Å². The van der Waals surface area contributed by atoms with Crippen molar-refractivity contribution in [1.29, 1.82) is 0 Å². The van der Waals surface area contributed by atoms with Crippen LogP contribution in [-0.4, -0.2) is 24.7 Å². The van der Waals surface area contributed by atoms with E-state index in [1.54, 1.807) is 0 Å². The first-order chi connectivity index (χ1) is 6.53. The minimum Gasteiger partial charge on any atom is -0.293 e. The number of hydrogen-bond donors (Lipinski definition) is 0. The Morgan fingerprint density at radius 1 is 1.36 bits per heavy atom. The number of hydrogen-bond acceptors (Lipinski definition) is 2. The first kappa shape index (κ1) is 12.3.